The fraction of sp³-hybridized carbons (Fsp3) is 0.286. The van der Waals surface area contributed by atoms with Crippen molar-refractivity contribution >= 4 is 23.0 Å². The van der Waals surface area contributed by atoms with E-state index in [9.17, 15) is 4.79 Å². The van der Waals surface area contributed by atoms with Crippen molar-refractivity contribution in [2.75, 3.05) is 0 Å². The third-order valence-electron chi connectivity index (χ3n) is 2.56. The first-order valence-electron chi connectivity index (χ1n) is 6.02. The van der Waals surface area contributed by atoms with Crippen molar-refractivity contribution < 1.29 is 4.79 Å². The smallest absolute Gasteiger partial charge is 0.259 e. The van der Waals surface area contributed by atoms with Gasteiger partial charge in [-0.25, -0.2) is 5.43 Å². The van der Waals surface area contributed by atoms with E-state index in [-0.39, 0.29) is 12.5 Å². The molecule has 0 aliphatic rings. The number of rotatable bonds is 4. The van der Waals surface area contributed by atoms with Crippen LogP contribution in [0.15, 0.2) is 41.6 Å². The van der Waals surface area contributed by atoms with Crippen LogP contribution in [0, 0.1) is 5.92 Å². The summed E-state index contributed by atoms with van der Waals surface area (Å²) in [6.45, 7) is 4.30. The molecule has 4 nitrogen and oxygen atoms in total. The van der Waals surface area contributed by atoms with E-state index in [2.05, 4.69) is 10.5 Å². The standard InChI is InChI=1S/C14H17N3O/c1-11(2)9-15-16-14(18)10-17-8-7-12-5-3-4-6-13(12)17/h3-9,11H,10H2,1-2H3,(H,16,18)/b15-9+. The maximum Gasteiger partial charge on any atom is 0.259 e. The molecule has 1 N–H and O–H groups in total. The highest BCUT2D eigenvalue weighted by Crippen LogP contribution is 2.14. The molecule has 0 saturated heterocycles. The van der Waals surface area contributed by atoms with Gasteiger partial charge in [0.15, 0.2) is 0 Å². The summed E-state index contributed by atoms with van der Waals surface area (Å²) in [6, 6.07) is 9.98. The predicted molar refractivity (Wildman–Crippen MR) is 73.4 cm³/mol. The molecule has 0 bridgehead atoms. The summed E-state index contributed by atoms with van der Waals surface area (Å²) in [4.78, 5) is 11.7. The third-order valence-corrected chi connectivity index (χ3v) is 2.56. The molecule has 94 valence electrons. The molecule has 2 aromatic rings. The predicted octanol–water partition coefficient (Wildman–Crippen LogP) is 2.40. The third kappa shape index (κ3) is 2.97. The minimum Gasteiger partial charge on any atom is -0.338 e. The number of para-hydroxylation sites is 1. The summed E-state index contributed by atoms with van der Waals surface area (Å²) in [5.74, 6) is 0.214. The van der Waals surface area contributed by atoms with Crippen LogP contribution in [0.25, 0.3) is 10.9 Å². The first-order valence-corrected chi connectivity index (χ1v) is 6.02. The number of nitrogens with one attached hydrogen (secondary N) is 1. The van der Waals surface area contributed by atoms with Gasteiger partial charge in [-0.1, -0.05) is 32.0 Å². The van der Waals surface area contributed by atoms with Gasteiger partial charge in [0.1, 0.15) is 6.54 Å². The van der Waals surface area contributed by atoms with E-state index in [0.717, 1.165) is 10.9 Å². The molecule has 2 rings (SSSR count). The van der Waals surface area contributed by atoms with Crippen molar-refractivity contribution in [2.24, 2.45) is 11.0 Å². The lowest BCUT2D eigenvalue weighted by Crippen LogP contribution is -2.23. The summed E-state index contributed by atoms with van der Waals surface area (Å²) in [5.41, 5.74) is 3.58. The lowest BCUT2D eigenvalue weighted by Gasteiger charge is -2.04. The molecule has 1 aromatic heterocycles. The van der Waals surface area contributed by atoms with Crippen molar-refractivity contribution in [3.8, 4) is 0 Å². The first kappa shape index (κ1) is 12.4. The van der Waals surface area contributed by atoms with Crippen LogP contribution < -0.4 is 5.43 Å². The van der Waals surface area contributed by atoms with Crippen LogP contribution in [-0.2, 0) is 11.3 Å². The summed E-state index contributed by atoms with van der Waals surface area (Å²) >= 11 is 0. The molecule has 0 aliphatic heterocycles. The van der Waals surface area contributed by atoms with Gasteiger partial charge in [-0.3, -0.25) is 4.79 Å². The fourth-order valence-electron chi connectivity index (χ4n) is 1.73. The number of hydrazone groups is 1. The summed E-state index contributed by atoms with van der Waals surface area (Å²) in [7, 11) is 0. The maximum absolute atomic E-state index is 11.7. The van der Waals surface area contributed by atoms with E-state index < -0.39 is 0 Å². The normalized spacial score (nSPS) is 11.5. The Bertz CT molecular complexity index is 569. The van der Waals surface area contributed by atoms with Gasteiger partial charge in [-0.05, 0) is 23.4 Å². The number of aromatic nitrogens is 1. The van der Waals surface area contributed by atoms with Crippen molar-refractivity contribution in [3.05, 3.63) is 36.5 Å². The Labute approximate surface area is 106 Å². The largest absolute Gasteiger partial charge is 0.338 e. The van der Waals surface area contributed by atoms with Gasteiger partial charge >= 0.3 is 0 Å². The number of carbonyl (C=O) groups is 1. The lowest BCUT2D eigenvalue weighted by atomic mass is 10.2. The first-order chi connectivity index (χ1) is 8.66. The van der Waals surface area contributed by atoms with Crippen LogP contribution in [0.4, 0.5) is 0 Å². The molecule has 1 heterocycles. The van der Waals surface area contributed by atoms with E-state index in [1.165, 1.54) is 0 Å². The molecule has 0 unspecified atom stereocenters. The Morgan fingerprint density at radius 2 is 2.17 bits per heavy atom. The van der Waals surface area contributed by atoms with Gasteiger partial charge in [0, 0.05) is 17.9 Å². The summed E-state index contributed by atoms with van der Waals surface area (Å²) < 4.78 is 1.91. The topological polar surface area (TPSA) is 46.4 Å². The minimum atomic E-state index is -0.117. The maximum atomic E-state index is 11.7. The molecule has 0 aliphatic carbocycles. The Morgan fingerprint density at radius 3 is 2.94 bits per heavy atom. The second kappa shape index (κ2) is 5.49. The van der Waals surface area contributed by atoms with Gasteiger partial charge in [-0.15, -0.1) is 0 Å². The van der Waals surface area contributed by atoms with Crippen LogP contribution in [-0.4, -0.2) is 16.7 Å². The van der Waals surface area contributed by atoms with Crippen LogP contribution in [0.3, 0.4) is 0 Å². The van der Waals surface area contributed by atoms with Gasteiger partial charge in [0.25, 0.3) is 5.91 Å². The Morgan fingerprint density at radius 1 is 1.39 bits per heavy atom. The molecule has 0 radical (unpaired) electrons. The Hall–Kier alpha value is -2.10. The van der Waals surface area contributed by atoms with Gasteiger partial charge in [-0.2, -0.15) is 5.10 Å². The number of amides is 1. The molecular formula is C14H17N3O. The van der Waals surface area contributed by atoms with Gasteiger partial charge in [0.2, 0.25) is 0 Å². The zero-order valence-corrected chi connectivity index (χ0v) is 10.6. The monoisotopic (exact) mass is 243 g/mol. The van der Waals surface area contributed by atoms with Crippen LogP contribution >= 0.6 is 0 Å². The fourth-order valence-corrected chi connectivity index (χ4v) is 1.73. The Balaban J connectivity index is 2.03. The molecule has 0 atom stereocenters. The average Bonchev–Trinajstić information content (AvgIpc) is 2.72. The average molecular weight is 243 g/mol. The van der Waals surface area contributed by atoms with Crippen LogP contribution in [0.1, 0.15) is 13.8 Å². The van der Waals surface area contributed by atoms with Crippen LogP contribution in [0.2, 0.25) is 0 Å². The highest BCUT2D eigenvalue weighted by Gasteiger charge is 2.04. The summed E-state index contributed by atoms with van der Waals surface area (Å²) in [5, 5.41) is 5.03. The van der Waals surface area contributed by atoms with Crippen molar-refractivity contribution in [1.29, 1.82) is 0 Å². The summed E-state index contributed by atoms with van der Waals surface area (Å²) in [6.07, 6.45) is 3.63. The van der Waals surface area contributed by atoms with Crippen molar-refractivity contribution in [3.63, 3.8) is 0 Å². The number of carbonyl (C=O) groups excluding carboxylic acids is 1. The number of nitrogens with zero attached hydrogens (tertiary/aromatic N) is 2. The molecule has 0 saturated carbocycles. The SMILES string of the molecule is CC(C)/C=N/NC(=O)Cn1ccc2ccccc21. The molecule has 0 spiro atoms. The van der Waals surface area contributed by atoms with E-state index in [4.69, 9.17) is 0 Å². The van der Waals surface area contributed by atoms with E-state index in [1.807, 2.05) is 54.9 Å². The molecule has 0 fully saturated rings. The van der Waals surface area contributed by atoms with E-state index >= 15 is 0 Å². The number of hydrogen-bond donors (Lipinski definition) is 1. The molecule has 18 heavy (non-hydrogen) atoms. The number of hydrogen-bond acceptors (Lipinski definition) is 2. The zero-order chi connectivity index (χ0) is 13.0. The quantitative estimate of drug-likeness (QED) is 0.650. The minimum absolute atomic E-state index is 0.117. The zero-order valence-electron chi connectivity index (χ0n) is 10.6. The van der Waals surface area contributed by atoms with Crippen LogP contribution in [0.5, 0.6) is 0 Å². The van der Waals surface area contributed by atoms with Crippen molar-refractivity contribution in [1.82, 2.24) is 9.99 Å². The van der Waals surface area contributed by atoms with Gasteiger partial charge < -0.3 is 4.57 Å². The highest BCUT2D eigenvalue weighted by molar-refractivity contribution is 5.83. The molecule has 1 amide bonds. The lowest BCUT2D eigenvalue weighted by molar-refractivity contribution is -0.121. The van der Waals surface area contributed by atoms with E-state index in [1.54, 1.807) is 6.21 Å². The molecule has 1 aromatic carbocycles. The Kier molecular flexibility index (Phi) is 3.77. The molecular weight excluding hydrogens is 226 g/mol. The molecule has 4 heteroatoms. The number of benzene rings is 1. The highest BCUT2D eigenvalue weighted by atomic mass is 16.2. The number of fused-ring (bicyclic) bond motifs is 1. The van der Waals surface area contributed by atoms with E-state index in [0.29, 0.717) is 5.92 Å². The van der Waals surface area contributed by atoms with Crippen molar-refractivity contribution in [2.45, 2.75) is 20.4 Å². The van der Waals surface area contributed by atoms with Gasteiger partial charge in [0.05, 0.1) is 0 Å². The second-order valence-electron chi connectivity index (χ2n) is 4.56. The second-order valence-corrected chi connectivity index (χ2v) is 4.56.